The lowest BCUT2D eigenvalue weighted by Gasteiger charge is -2.15. The van der Waals surface area contributed by atoms with Crippen LogP contribution < -0.4 is 0 Å². The molecule has 0 aromatic heterocycles. The molecule has 0 aliphatic carbocycles. The number of carbonyl (C=O) groups is 1. The van der Waals surface area contributed by atoms with Gasteiger partial charge in [0.15, 0.2) is 11.6 Å². The molecule has 15 heavy (non-hydrogen) atoms. The van der Waals surface area contributed by atoms with Gasteiger partial charge in [0, 0.05) is 11.8 Å². The number of carbonyl (C=O) groups excluding carboxylic acids is 1. The molecular weight excluding hydrogens is 268 g/mol. The number of halogens is 3. The summed E-state index contributed by atoms with van der Waals surface area (Å²) in [5.74, 6) is -2.37. The summed E-state index contributed by atoms with van der Waals surface area (Å²) >= 11 is 2.76. The predicted octanol–water partition coefficient (Wildman–Crippen LogP) is 3.26. The minimum Gasteiger partial charge on any atom is -0.293 e. The molecule has 0 radical (unpaired) electrons. The summed E-state index contributed by atoms with van der Waals surface area (Å²) in [7, 11) is 0. The van der Waals surface area contributed by atoms with E-state index in [9.17, 15) is 13.6 Å². The highest BCUT2D eigenvalue weighted by Crippen LogP contribution is 2.35. The van der Waals surface area contributed by atoms with Crippen molar-refractivity contribution in [3.05, 3.63) is 27.7 Å². The lowest BCUT2D eigenvalue weighted by Crippen LogP contribution is -2.17. The van der Waals surface area contributed by atoms with Crippen molar-refractivity contribution in [2.45, 2.75) is 6.92 Å². The third kappa shape index (κ3) is 1.51. The summed E-state index contributed by atoms with van der Waals surface area (Å²) < 4.78 is 26.4. The monoisotopic (exact) mass is 273 g/mol. The van der Waals surface area contributed by atoms with E-state index in [1.807, 2.05) is 0 Å². The smallest absolute Gasteiger partial charge is 0.173 e. The predicted molar refractivity (Wildman–Crippen MR) is 55.7 cm³/mol. The summed E-state index contributed by atoms with van der Waals surface area (Å²) in [6, 6.07) is 1.01. The van der Waals surface area contributed by atoms with E-state index in [-0.39, 0.29) is 21.5 Å². The van der Waals surface area contributed by atoms with Crippen LogP contribution in [0.25, 0.3) is 0 Å². The van der Waals surface area contributed by atoms with Gasteiger partial charge in [-0.2, -0.15) is 0 Å². The highest BCUT2D eigenvalue weighted by Gasteiger charge is 2.26. The van der Waals surface area contributed by atoms with Gasteiger partial charge >= 0.3 is 0 Å². The van der Waals surface area contributed by atoms with Crippen LogP contribution >= 0.6 is 15.9 Å². The molecule has 1 aliphatic heterocycles. The lowest BCUT2D eigenvalue weighted by atomic mass is 9.96. The first kappa shape index (κ1) is 10.4. The molecule has 0 N–H and O–H groups in total. The maximum atomic E-state index is 13.5. The second-order valence-corrected chi connectivity index (χ2v) is 4.11. The fraction of sp³-hybridized carbons (Fsp3) is 0.200. The quantitative estimate of drug-likeness (QED) is 0.667. The van der Waals surface area contributed by atoms with Crippen LogP contribution in [0.4, 0.5) is 14.5 Å². The maximum absolute atomic E-state index is 13.5. The molecule has 78 valence electrons. The van der Waals surface area contributed by atoms with Gasteiger partial charge in [0.1, 0.15) is 11.5 Å². The van der Waals surface area contributed by atoms with Crippen LogP contribution in [0.5, 0.6) is 0 Å². The Kier molecular flexibility index (Phi) is 2.42. The fourth-order valence-corrected chi connectivity index (χ4v) is 1.70. The van der Waals surface area contributed by atoms with Crippen LogP contribution in [0, 0.1) is 17.6 Å². The summed E-state index contributed by atoms with van der Waals surface area (Å²) in [6.45, 7) is 1.63. The van der Waals surface area contributed by atoms with E-state index in [2.05, 4.69) is 20.9 Å². The Labute approximate surface area is 93.1 Å². The van der Waals surface area contributed by atoms with Gasteiger partial charge in [-0.1, -0.05) is 6.92 Å². The molecule has 0 amide bonds. The van der Waals surface area contributed by atoms with Gasteiger partial charge in [-0.25, -0.2) is 8.78 Å². The molecule has 0 bridgehead atoms. The Morgan fingerprint density at radius 2 is 2.13 bits per heavy atom. The SMILES string of the molecule is CC1C=Nc2c(cc(F)c(Br)c2F)C1=O. The van der Waals surface area contributed by atoms with Crippen molar-refractivity contribution in [3.63, 3.8) is 0 Å². The lowest BCUT2D eigenvalue weighted by molar-refractivity contribution is 0.0961. The van der Waals surface area contributed by atoms with E-state index < -0.39 is 17.6 Å². The number of hydrogen-bond donors (Lipinski definition) is 0. The second-order valence-electron chi connectivity index (χ2n) is 3.31. The Morgan fingerprint density at radius 1 is 1.47 bits per heavy atom. The van der Waals surface area contributed by atoms with E-state index in [1.165, 1.54) is 6.21 Å². The molecule has 0 saturated carbocycles. The van der Waals surface area contributed by atoms with Crippen LogP contribution in [-0.4, -0.2) is 12.0 Å². The van der Waals surface area contributed by atoms with Crippen molar-refractivity contribution in [1.82, 2.24) is 0 Å². The van der Waals surface area contributed by atoms with Crippen molar-refractivity contribution in [2.75, 3.05) is 0 Å². The second kappa shape index (κ2) is 3.48. The van der Waals surface area contributed by atoms with E-state index in [0.29, 0.717) is 0 Å². The number of hydrogen-bond acceptors (Lipinski definition) is 2. The molecule has 0 fully saturated rings. The molecule has 0 saturated heterocycles. The van der Waals surface area contributed by atoms with Gasteiger partial charge in [0.25, 0.3) is 0 Å². The third-order valence-electron chi connectivity index (χ3n) is 2.24. The van der Waals surface area contributed by atoms with Crippen molar-refractivity contribution in [1.29, 1.82) is 0 Å². The van der Waals surface area contributed by atoms with E-state index >= 15 is 0 Å². The van der Waals surface area contributed by atoms with Crippen LogP contribution in [0.1, 0.15) is 17.3 Å². The molecule has 1 atom stereocenters. The maximum Gasteiger partial charge on any atom is 0.173 e. The van der Waals surface area contributed by atoms with E-state index in [1.54, 1.807) is 6.92 Å². The number of ketones is 1. The van der Waals surface area contributed by atoms with Crippen LogP contribution in [0.3, 0.4) is 0 Å². The summed E-state index contributed by atoms with van der Waals surface area (Å²) in [5.41, 5.74) is -0.0884. The normalized spacial score (nSPS) is 19.2. The molecule has 1 unspecified atom stereocenters. The van der Waals surface area contributed by atoms with Crippen molar-refractivity contribution >= 4 is 33.6 Å². The van der Waals surface area contributed by atoms with Gasteiger partial charge in [-0.05, 0) is 22.0 Å². The summed E-state index contributed by atoms with van der Waals surface area (Å²) in [5, 5.41) is 0. The van der Waals surface area contributed by atoms with Gasteiger partial charge in [0.2, 0.25) is 0 Å². The molecular formula is C10H6BrF2NO. The van der Waals surface area contributed by atoms with Crippen molar-refractivity contribution < 1.29 is 13.6 Å². The topological polar surface area (TPSA) is 29.4 Å². The average Bonchev–Trinajstić information content (AvgIpc) is 2.21. The fourth-order valence-electron chi connectivity index (χ4n) is 1.40. The molecule has 5 heteroatoms. The molecule has 2 rings (SSSR count). The van der Waals surface area contributed by atoms with Gasteiger partial charge < -0.3 is 0 Å². The number of fused-ring (bicyclic) bond motifs is 1. The average molecular weight is 274 g/mol. The Bertz CT molecular complexity index is 485. The van der Waals surface area contributed by atoms with Crippen LogP contribution in [0.2, 0.25) is 0 Å². The molecule has 1 heterocycles. The van der Waals surface area contributed by atoms with E-state index in [0.717, 1.165) is 6.07 Å². The Hall–Kier alpha value is -1.10. The first-order valence-electron chi connectivity index (χ1n) is 4.28. The van der Waals surface area contributed by atoms with E-state index in [4.69, 9.17) is 0 Å². The molecule has 0 spiro atoms. The Balaban J connectivity index is 2.74. The van der Waals surface area contributed by atoms with Gasteiger partial charge in [0.05, 0.1) is 10.4 Å². The summed E-state index contributed by atoms with van der Waals surface area (Å²) in [4.78, 5) is 15.4. The molecule has 1 aliphatic rings. The first-order valence-corrected chi connectivity index (χ1v) is 5.07. The van der Waals surface area contributed by atoms with Crippen molar-refractivity contribution in [2.24, 2.45) is 10.9 Å². The Morgan fingerprint density at radius 3 is 2.80 bits per heavy atom. The molecule has 1 aromatic carbocycles. The number of benzene rings is 1. The zero-order valence-corrected chi connectivity index (χ0v) is 9.31. The number of aliphatic imine (C=N–C) groups is 1. The third-order valence-corrected chi connectivity index (χ3v) is 2.97. The van der Waals surface area contributed by atoms with Gasteiger partial charge in [-0.15, -0.1) is 0 Å². The van der Waals surface area contributed by atoms with Gasteiger partial charge in [-0.3, -0.25) is 9.79 Å². The zero-order valence-electron chi connectivity index (χ0n) is 7.72. The number of rotatable bonds is 0. The van der Waals surface area contributed by atoms with Crippen molar-refractivity contribution in [3.8, 4) is 0 Å². The summed E-state index contributed by atoms with van der Waals surface area (Å²) in [6.07, 6.45) is 1.36. The van der Waals surface area contributed by atoms with Crippen LogP contribution in [-0.2, 0) is 0 Å². The van der Waals surface area contributed by atoms with Crippen LogP contribution in [0.15, 0.2) is 15.5 Å². The number of Topliss-reactive ketones (excluding diaryl/α,β-unsaturated/α-hetero) is 1. The highest BCUT2D eigenvalue weighted by molar-refractivity contribution is 9.10. The highest BCUT2D eigenvalue weighted by atomic mass is 79.9. The molecule has 2 nitrogen and oxygen atoms in total. The standard InChI is InChI=1S/C10H6BrF2NO/c1-4-3-14-9-5(10(4)15)2-6(12)7(11)8(9)13/h2-4H,1H3. The molecule has 1 aromatic rings. The minimum atomic E-state index is -0.832. The zero-order chi connectivity index (χ0) is 11.2. The minimum absolute atomic E-state index is 0.00296. The number of nitrogens with zero attached hydrogens (tertiary/aromatic N) is 1. The largest absolute Gasteiger partial charge is 0.293 e. The first-order chi connectivity index (χ1) is 7.02.